The first kappa shape index (κ1) is 23.5. The molecular weight excluding hydrogens is 424 g/mol. The van der Waals surface area contributed by atoms with Crippen molar-refractivity contribution in [3.8, 4) is 17.1 Å². The largest absolute Gasteiger partial charge is 0.497 e. The maximum absolute atomic E-state index is 6.17. The van der Waals surface area contributed by atoms with E-state index in [2.05, 4.69) is 54.7 Å². The van der Waals surface area contributed by atoms with Crippen LogP contribution in [-0.2, 0) is 11.3 Å². The fourth-order valence-corrected chi connectivity index (χ4v) is 3.92. The van der Waals surface area contributed by atoms with Crippen molar-refractivity contribution in [3.05, 3.63) is 88.8 Å². The number of benzene rings is 1. The normalized spacial score (nSPS) is 13.9. The molecule has 0 atom stereocenters. The molecule has 1 aromatic carbocycles. The number of hydrogen-bond acceptors (Lipinski definition) is 6. The van der Waals surface area contributed by atoms with Crippen LogP contribution < -0.4 is 9.64 Å². The second-order valence-electron chi connectivity index (χ2n) is 8.97. The van der Waals surface area contributed by atoms with Gasteiger partial charge in [-0.1, -0.05) is 26.0 Å². The van der Waals surface area contributed by atoms with Gasteiger partial charge in [0.25, 0.3) is 0 Å². The van der Waals surface area contributed by atoms with E-state index >= 15 is 0 Å². The van der Waals surface area contributed by atoms with E-state index in [0.29, 0.717) is 6.61 Å². The second kappa shape index (κ2) is 10.1. The lowest BCUT2D eigenvalue weighted by Crippen LogP contribution is -2.27. The van der Waals surface area contributed by atoms with E-state index in [1.165, 1.54) is 5.57 Å². The molecule has 0 radical (unpaired) electrons. The van der Waals surface area contributed by atoms with Gasteiger partial charge in [0.2, 0.25) is 0 Å². The highest BCUT2D eigenvalue weighted by Gasteiger charge is 2.19. The molecule has 0 saturated carbocycles. The molecule has 0 N–H and O–H groups in total. The molecule has 3 aromatic rings. The van der Waals surface area contributed by atoms with Crippen LogP contribution in [0.5, 0.6) is 5.75 Å². The summed E-state index contributed by atoms with van der Waals surface area (Å²) in [5.74, 6) is 2.84. The van der Waals surface area contributed by atoms with Crippen molar-refractivity contribution in [1.82, 2.24) is 15.0 Å². The predicted molar refractivity (Wildman–Crippen MR) is 136 cm³/mol. The maximum Gasteiger partial charge on any atom is 0.131 e. The molecule has 3 heterocycles. The molecule has 0 aliphatic carbocycles. The van der Waals surface area contributed by atoms with E-state index in [1.54, 1.807) is 7.11 Å². The Morgan fingerprint density at radius 3 is 2.65 bits per heavy atom. The number of pyridine rings is 1. The molecule has 0 bridgehead atoms. The van der Waals surface area contributed by atoms with Crippen LogP contribution in [-0.4, -0.2) is 28.6 Å². The third-order valence-corrected chi connectivity index (χ3v) is 5.91. The Morgan fingerprint density at radius 1 is 1.06 bits per heavy atom. The smallest absolute Gasteiger partial charge is 0.131 e. The molecule has 0 saturated heterocycles. The van der Waals surface area contributed by atoms with Gasteiger partial charge in [-0.25, -0.2) is 9.97 Å². The van der Waals surface area contributed by atoms with E-state index in [-0.39, 0.29) is 5.92 Å². The Hall–Kier alpha value is -3.67. The van der Waals surface area contributed by atoms with E-state index in [4.69, 9.17) is 14.5 Å². The first-order chi connectivity index (χ1) is 16.4. The lowest BCUT2D eigenvalue weighted by molar-refractivity contribution is 0.205. The van der Waals surface area contributed by atoms with E-state index in [0.717, 1.165) is 57.8 Å². The van der Waals surface area contributed by atoms with Gasteiger partial charge in [0, 0.05) is 36.2 Å². The van der Waals surface area contributed by atoms with Crippen LogP contribution in [0.2, 0.25) is 0 Å². The summed E-state index contributed by atoms with van der Waals surface area (Å²) in [5.41, 5.74) is 7.20. The van der Waals surface area contributed by atoms with Crippen molar-refractivity contribution in [1.29, 1.82) is 0 Å². The molecule has 1 aliphatic heterocycles. The van der Waals surface area contributed by atoms with Crippen LogP contribution in [0.1, 0.15) is 50.6 Å². The summed E-state index contributed by atoms with van der Waals surface area (Å²) < 4.78 is 11.5. The zero-order valence-electron chi connectivity index (χ0n) is 20.8. The fraction of sp³-hybridized carbons (Fsp3) is 0.321. The van der Waals surface area contributed by atoms with E-state index in [1.807, 2.05) is 49.6 Å². The average Bonchev–Trinajstić information content (AvgIpc) is 2.84. The molecule has 34 heavy (non-hydrogen) atoms. The Balaban J connectivity index is 1.54. The molecule has 4 rings (SSSR count). The molecule has 0 amide bonds. The summed E-state index contributed by atoms with van der Waals surface area (Å²) in [6, 6.07) is 12.1. The van der Waals surface area contributed by atoms with Gasteiger partial charge < -0.3 is 14.4 Å². The minimum Gasteiger partial charge on any atom is -0.497 e. The summed E-state index contributed by atoms with van der Waals surface area (Å²) in [5, 5.41) is 0. The highest BCUT2D eigenvalue weighted by Crippen LogP contribution is 2.30. The van der Waals surface area contributed by atoms with Gasteiger partial charge >= 0.3 is 0 Å². The van der Waals surface area contributed by atoms with Crippen LogP contribution in [0.3, 0.4) is 0 Å². The number of rotatable bonds is 7. The Morgan fingerprint density at radius 2 is 1.88 bits per heavy atom. The number of aryl methyl sites for hydroxylation is 1. The first-order valence-electron chi connectivity index (χ1n) is 11.6. The average molecular weight is 457 g/mol. The minimum absolute atomic E-state index is 0.262. The molecule has 6 heteroatoms. The number of ether oxygens (including phenoxy) is 2. The van der Waals surface area contributed by atoms with Gasteiger partial charge in [-0.2, -0.15) is 0 Å². The summed E-state index contributed by atoms with van der Waals surface area (Å²) in [4.78, 5) is 16.2. The van der Waals surface area contributed by atoms with Crippen molar-refractivity contribution >= 4 is 5.69 Å². The SMILES string of the molecule is COc1cccc(COC2=C(C)CN(c3ccnc(-c4nc(C(C)C)ncc4C)c3)C(C)=C2)c1. The van der Waals surface area contributed by atoms with Crippen LogP contribution >= 0.6 is 0 Å². The number of anilines is 1. The molecule has 0 fully saturated rings. The number of allylic oxidation sites excluding steroid dienone is 2. The third-order valence-electron chi connectivity index (χ3n) is 5.91. The van der Waals surface area contributed by atoms with Gasteiger partial charge in [0.15, 0.2) is 0 Å². The first-order valence-corrected chi connectivity index (χ1v) is 11.6. The topological polar surface area (TPSA) is 60.4 Å². The lowest BCUT2D eigenvalue weighted by atomic mass is 10.1. The van der Waals surface area contributed by atoms with Crippen molar-refractivity contribution in [2.45, 2.75) is 47.1 Å². The zero-order valence-corrected chi connectivity index (χ0v) is 20.8. The monoisotopic (exact) mass is 456 g/mol. The standard InChI is InChI=1S/C28H32N4O2/c1-18(2)28-30-15-19(3)27(31-28)25-14-23(10-11-29-25)32-16-20(4)26(12-21(32)5)34-17-22-8-7-9-24(13-22)33-6/h7-15,18H,16-17H2,1-6H3. The van der Waals surface area contributed by atoms with Crippen molar-refractivity contribution in [3.63, 3.8) is 0 Å². The molecule has 176 valence electrons. The van der Waals surface area contributed by atoms with Crippen LogP contribution in [0.25, 0.3) is 11.4 Å². The predicted octanol–water partition coefficient (Wildman–Crippen LogP) is 6.19. The summed E-state index contributed by atoms with van der Waals surface area (Å²) >= 11 is 0. The zero-order chi connectivity index (χ0) is 24.2. The number of aromatic nitrogens is 3. The highest BCUT2D eigenvalue weighted by atomic mass is 16.5. The number of methoxy groups -OCH3 is 1. The van der Waals surface area contributed by atoms with Gasteiger partial charge in [0.05, 0.1) is 18.5 Å². The van der Waals surface area contributed by atoms with Crippen molar-refractivity contribution < 1.29 is 9.47 Å². The van der Waals surface area contributed by atoms with Gasteiger partial charge in [-0.05, 0) is 67.8 Å². The molecule has 0 unspecified atom stereocenters. The summed E-state index contributed by atoms with van der Waals surface area (Å²) in [7, 11) is 1.67. The van der Waals surface area contributed by atoms with E-state index < -0.39 is 0 Å². The van der Waals surface area contributed by atoms with Crippen LogP contribution in [0.15, 0.2) is 71.9 Å². The van der Waals surface area contributed by atoms with Crippen molar-refractivity contribution in [2.24, 2.45) is 0 Å². The summed E-state index contributed by atoms with van der Waals surface area (Å²) in [6.07, 6.45) is 5.84. The lowest BCUT2D eigenvalue weighted by Gasteiger charge is -2.31. The second-order valence-corrected chi connectivity index (χ2v) is 8.97. The Labute approximate surface area is 202 Å². The van der Waals surface area contributed by atoms with Crippen LogP contribution in [0, 0.1) is 6.92 Å². The van der Waals surface area contributed by atoms with Gasteiger partial charge in [-0.15, -0.1) is 0 Å². The molecule has 6 nitrogen and oxygen atoms in total. The van der Waals surface area contributed by atoms with Crippen LogP contribution in [0.4, 0.5) is 5.69 Å². The molecule has 2 aromatic heterocycles. The molecule has 0 spiro atoms. The fourth-order valence-electron chi connectivity index (χ4n) is 3.92. The van der Waals surface area contributed by atoms with Gasteiger partial charge in [0.1, 0.15) is 23.9 Å². The summed E-state index contributed by atoms with van der Waals surface area (Å²) in [6.45, 7) is 11.7. The van der Waals surface area contributed by atoms with Gasteiger partial charge in [-0.3, -0.25) is 4.98 Å². The highest BCUT2D eigenvalue weighted by molar-refractivity contribution is 5.66. The Kier molecular flexibility index (Phi) is 6.96. The number of hydrogen-bond donors (Lipinski definition) is 0. The maximum atomic E-state index is 6.17. The minimum atomic E-state index is 0.262. The molecule has 1 aliphatic rings. The van der Waals surface area contributed by atoms with Crippen molar-refractivity contribution in [2.75, 3.05) is 18.6 Å². The quantitative estimate of drug-likeness (QED) is 0.422. The third kappa shape index (κ3) is 5.11. The molecular formula is C28H32N4O2. The van der Waals surface area contributed by atoms with E-state index in [9.17, 15) is 0 Å². The Bertz CT molecular complexity index is 1250. The number of nitrogens with zero attached hydrogens (tertiary/aromatic N) is 4.